The summed E-state index contributed by atoms with van der Waals surface area (Å²) in [5.74, 6) is -0.380. The number of hydrogen-bond donors (Lipinski definition) is 4. The summed E-state index contributed by atoms with van der Waals surface area (Å²) in [6.07, 6.45) is -1.23. The van der Waals surface area contributed by atoms with Gasteiger partial charge in [0.2, 0.25) is 0 Å². The van der Waals surface area contributed by atoms with Crippen molar-refractivity contribution in [2.24, 2.45) is 0 Å². The first-order valence-corrected chi connectivity index (χ1v) is 15.2. The fraction of sp³-hybridized carbons (Fsp3) is 0.395. The second-order valence-electron chi connectivity index (χ2n) is 12.5. The van der Waals surface area contributed by atoms with Gasteiger partial charge in [-0.2, -0.15) is 0 Å². The van der Waals surface area contributed by atoms with Crippen LogP contribution in [-0.4, -0.2) is 44.4 Å². The second-order valence-corrected chi connectivity index (χ2v) is 12.5. The highest BCUT2D eigenvalue weighted by Crippen LogP contribution is 2.53. The maximum atomic E-state index is 12.2. The molecule has 0 saturated heterocycles. The molecule has 0 radical (unpaired) electrons. The number of carbonyl (C=O) groups is 3. The van der Waals surface area contributed by atoms with E-state index in [0.717, 1.165) is 77.2 Å². The van der Waals surface area contributed by atoms with Gasteiger partial charge in [-0.05, 0) is 133 Å². The number of rotatable bonds is 1. The summed E-state index contributed by atoms with van der Waals surface area (Å²) in [5, 5.41) is 39.1. The second kappa shape index (κ2) is 13.2. The molecule has 4 N–H and O–H groups in total. The monoisotopic (exact) mass is 646 g/mol. The van der Waals surface area contributed by atoms with Crippen molar-refractivity contribution < 1.29 is 44.3 Å². The zero-order valence-corrected chi connectivity index (χ0v) is 28.2. The van der Waals surface area contributed by atoms with E-state index >= 15 is 0 Å². The van der Waals surface area contributed by atoms with E-state index in [4.69, 9.17) is 19.7 Å². The number of aromatic hydroxyl groups is 2. The maximum Gasteiger partial charge on any atom is 0.332 e. The number of aryl methyl sites for hydroxylation is 6. The molecule has 2 aliphatic heterocycles. The molecule has 9 nitrogen and oxygen atoms in total. The van der Waals surface area contributed by atoms with E-state index < -0.39 is 12.1 Å². The van der Waals surface area contributed by atoms with Crippen LogP contribution in [-0.2, 0) is 14.4 Å². The number of aliphatic carboxylic acids is 1. The Labute approximate surface area is 275 Å². The van der Waals surface area contributed by atoms with E-state index in [0.29, 0.717) is 11.5 Å². The van der Waals surface area contributed by atoms with Crippen LogP contribution in [0.1, 0.15) is 95.7 Å². The molecule has 9 heteroatoms. The van der Waals surface area contributed by atoms with Crippen LogP contribution in [0.5, 0.6) is 23.0 Å². The van der Waals surface area contributed by atoms with Gasteiger partial charge in [0.1, 0.15) is 29.1 Å². The molecule has 0 fully saturated rings. The summed E-state index contributed by atoms with van der Waals surface area (Å²) < 4.78 is 11.3. The Morgan fingerprint density at radius 2 is 0.936 bits per heavy atom. The molecule has 0 bridgehead atoms. The number of phenolic OH excluding ortho intramolecular Hbond substituents is 2. The highest BCUT2D eigenvalue weighted by atomic mass is 16.5. The lowest BCUT2D eigenvalue weighted by molar-refractivity contribution is -0.145. The summed E-state index contributed by atoms with van der Waals surface area (Å²) in [6, 6.07) is 3.51. The van der Waals surface area contributed by atoms with Crippen molar-refractivity contribution in [2.75, 3.05) is 0 Å². The molecule has 0 amide bonds. The zero-order chi connectivity index (χ0) is 34.7. The van der Waals surface area contributed by atoms with Crippen molar-refractivity contribution in [1.82, 2.24) is 0 Å². The Morgan fingerprint density at radius 3 is 1.21 bits per heavy atom. The zero-order valence-electron chi connectivity index (χ0n) is 28.2. The molecule has 0 aromatic heterocycles. The Hall–Kier alpha value is -4.63. The summed E-state index contributed by atoms with van der Waals surface area (Å²) in [4.78, 5) is 33.8. The van der Waals surface area contributed by atoms with Gasteiger partial charge in [0.15, 0.2) is 0 Å². The topological polar surface area (TPSA) is 151 Å². The number of carboxylic acids is 1. The Kier molecular flexibility index (Phi) is 10.4. The van der Waals surface area contributed by atoms with Gasteiger partial charge in [0, 0.05) is 32.7 Å². The van der Waals surface area contributed by atoms with Gasteiger partial charge in [-0.3, -0.25) is 9.59 Å². The number of carboxylic acid groups (broad SMARTS) is 1. The molecule has 4 aromatic carbocycles. The SMILES string of the molecule is C.CC(O)C(=O)O.Cc1c2c(c3c(C)c(C)c4c(c3c1C)OC(=O)C4C)OC(=O)C2C.Cc1cc(O)c2c(C)c(C)cc(O)c2c1C. The van der Waals surface area contributed by atoms with Crippen molar-refractivity contribution in [3.63, 3.8) is 0 Å². The minimum absolute atomic E-state index is 0. The number of carbonyl (C=O) groups excluding carboxylic acids is 2. The largest absolute Gasteiger partial charge is 0.507 e. The fourth-order valence-corrected chi connectivity index (χ4v) is 6.38. The van der Waals surface area contributed by atoms with Crippen molar-refractivity contribution in [2.45, 2.75) is 102 Å². The Bertz CT molecular complexity index is 1830. The van der Waals surface area contributed by atoms with Crippen LogP contribution in [0.2, 0.25) is 0 Å². The number of benzene rings is 4. The van der Waals surface area contributed by atoms with Gasteiger partial charge in [0.25, 0.3) is 0 Å². The van der Waals surface area contributed by atoms with Gasteiger partial charge >= 0.3 is 17.9 Å². The molecule has 6 rings (SSSR count). The first-order chi connectivity index (χ1) is 21.3. The number of fused-ring (bicyclic) bond motifs is 6. The van der Waals surface area contributed by atoms with Gasteiger partial charge in [-0.25, -0.2) is 4.79 Å². The minimum Gasteiger partial charge on any atom is -0.507 e. The van der Waals surface area contributed by atoms with Gasteiger partial charge in [-0.15, -0.1) is 0 Å². The first-order valence-electron chi connectivity index (χ1n) is 15.2. The van der Waals surface area contributed by atoms with Crippen LogP contribution in [0.25, 0.3) is 21.5 Å². The Morgan fingerprint density at radius 1 is 0.638 bits per heavy atom. The predicted octanol–water partition coefficient (Wildman–Crippen LogP) is 7.69. The quantitative estimate of drug-likeness (QED) is 0.121. The van der Waals surface area contributed by atoms with Crippen LogP contribution in [0.3, 0.4) is 0 Å². The highest BCUT2D eigenvalue weighted by Gasteiger charge is 2.39. The molecule has 2 aliphatic rings. The van der Waals surface area contributed by atoms with Crippen molar-refractivity contribution >= 4 is 39.5 Å². The molecule has 3 unspecified atom stereocenters. The van der Waals surface area contributed by atoms with Crippen molar-refractivity contribution in [1.29, 1.82) is 0 Å². The first kappa shape index (κ1) is 36.8. The molecule has 0 spiro atoms. The number of esters is 2. The van der Waals surface area contributed by atoms with Crippen molar-refractivity contribution in [3.8, 4) is 23.0 Å². The molecule has 4 aromatic rings. The summed E-state index contributed by atoms with van der Waals surface area (Å²) >= 11 is 0. The number of hydrogen-bond acceptors (Lipinski definition) is 8. The van der Waals surface area contributed by atoms with Crippen molar-refractivity contribution in [3.05, 3.63) is 67.8 Å². The van der Waals surface area contributed by atoms with Crippen LogP contribution < -0.4 is 9.47 Å². The maximum absolute atomic E-state index is 12.2. The lowest BCUT2D eigenvalue weighted by Crippen LogP contribution is -2.13. The average Bonchev–Trinajstić information content (AvgIpc) is 3.44. The van der Waals surface area contributed by atoms with Crippen LogP contribution in [0.15, 0.2) is 12.1 Å². The molecule has 0 saturated carbocycles. The van der Waals surface area contributed by atoms with Crippen LogP contribution >= 0.6 is 0 Å². The number of ether oxygens (including phenoxy) is 2. The van der Waals surface area contributed by atoms with Gasteiger partial charge in [-0.1, -0.05) is 7.43 Å². The third-order valence-electron chi connectivity index (χ3n) is 9.61. The Balaban J connectivity index is 0.000000226. The van der Waals surface area contributed by atoms with E-state index in [2.05, 4.69) is 0 Å². The van der Waals surface area contributed by atoms with Gasteiger partial charge in [0.05, 0.1) is 11.8 Å². The molecule has 3 atom stereocenters. The summed E-state index contributed by atoms with van der Waals surface area (Å²) in [6.45, 7) is 20.8. The van der Waals surface area contributed by atoms with Crippen LogP contribution in [0, 0.1) is 55.4 Å². The summed E-state index contributed by atoms with van der Waals surface area (Å²) in [5.41, 5.74) is 10.1. The average molecular weight is 647 g/mol. The highest BCUT2D eigenvalue weighted by molar-refractivity contribution is 6.08. The number of aliphatic hydroxyl groups is 1. The molecular weight excluding hydrogens is 600 g/mol. The number of aliphatic hydroxyl groups excluding tert-OH is 1. The van der Waals surface area contributed by atoms with Crippen LogP contribution in [0.4, 0.5) is 0 Å². The molecule has 2 heterocycles. The van der Waals surface area contributed by atoms with E-state index in [-0.39, 0.29) is 42.7 Å². The lowest BCUT2D eigenvalue weighted by atomic mass is 9.84. The standard InChI is InChI=1S/C20H20O4.C14H16O2.C3H6O3.CH4/c1-7-9(3)15-16(17-13(7)11(5)19(21)23-17)10(4)8(2)14-12(6)20(22)24-18(14)15;1-7-5-11(15)14-10(4)8(2)6-12(16)13(14)9(7)3;1-2(4)3(5)6;/h11-12H,1-6H3;5-6,15-16H,1-4H3;2,4H,1H3,(H,5,6);1H4. The van der Waals surface area contributed by atoms with E-state index in [1.54, 1.807) is 12.1 Å². The summed E-state index contributed by atoms with van der Waals surface area (Å²) in [7, 11) is 0. The third kappa shape index (κ3) is 6.00. The van der Waals surface area contributed by atoms with Gasteiger partial charge < -0.3 is 29.9 Å². The van der Waals surface area contributed by atoms with E-state index in [9.17, 15) is 24.6 Å². The molecule has 252 valence electrons. The molecule has 47 heavy (non-hydrogen) atoms. The lowest BCUT2D eigenvalue weighted by Gasteiger charge is -2.19. The smallest absolute Gasteiger partial charge is 0.332 e. The fourth-order valence-electron chi connectivity index (χ4n) is 6.38. The third-order valence-corrected chi connectivity index (χ3v) is 9.61. The molecule has 0 aliphatic carbocycles. The van der Waals surface area contributed by atoms with E-state index in [1.807, 2.05) is 69.2 Å². The van der Waals surface area contributed by atoms with E-state index in [1.165, 1.54) is 6.92 Å². The number of phenols is 2. The minimum atomic E-state index is -1.23. The predicted molar refractivity (Wildman–Crippen MR) is 183 cm³/mol. The molecular formula is C38H46O9. The normalized spacial score (nSPS) is 16.6.